The predicted octanol–water partition coefficient (Wildman–Crippen LogP) is 5.91. The number of oxazole rings is 1. The number of ether oxygens (including phenoxy) is 1. The van der Waals surface area contributed by atoms with E-state index < -0.39 is 5.97 Å². The summed E-state index contributed by atoms with van der Waals surface area (Å²) in [6.45, 7) is 7.66. The molecule has 0 atom stereocenters. The molecule has 36 heavy (non-hydrogen) atoms. The molecule has 0 bridgehead atoms. The third-order valence-electron chi connectivity index (χ3n) is 6.92. The zero-order chi connectivity index (χ0) is 25.5. The van der Waals surface area contributed by atoms with Crippen LogP contribution in [0.1, 0.15) is 84.2 Å². The first kappa shape index (κ1) is 25.8. The highest BCUT2D eigenvalue weighted by Crippen LogP contribution is 2.25. The SMILES string of the molecule is COC(=O)c1cccc(-c2cnc(C(=O)CCCC3CCN(Cc4ccc(C(C)C)cc4)CC3)o2)n1. The fraction of sp³-hybridized carbons (Fsp3) is 0.448. The van der Waals surface area contributed by atoms with E-state index in [9.17, 15) is 9.59 Å². The molecule has 2 aromatic heterocycles. The van der Waals surface area contributed by atoms with E-state index in [-0.39, 0.29) is 17.4 Å². The predicted molar refractivity (Wildman–Crippen MR) is 138 cm³/mol. The number of benzene rings is 1. The van der Waals surface area contributed by atoms with Crippen molar-refractivity contribution < 1.29 is 18.7 Å². The number of hydrogen-bond donors (Lipinski definition) is 0. The molecule has 1 fully saturated rings. The standard InChI is InChI=1S/C29H35N3O4/c1-20(2)23-12-10-22(11-13-23)19-32-16-14-21(15-17-32)6-4-9-26(33)28-30-18-27(36-28)24-7-5-8-25(31-24)29(34)35-3/h5,7-8,10-13,18,20-21H,4,6,9,14-17,19H2,1-3H3. The van der Waals surface area contributed by atoms with E-state index in [1.165, 1.54) is 37.3 Å². The van der Waals surface area contributed by atoms with E-state index in [1.54, 1.807) is 18.2 Å². The van der Waals surface area contributed by atoms with Crippen molar-refractivity contribution in [2.75, 3.05) is 20.2 Å². The van der Waals surface area contributed by atoms with Crippen molar-refractivity contribution in [3.05, 3.63) is 71.4 Å². The largest absolute Gasteiger partial charge is 0.464 e. The lowest BCUT2D eigenvalue weighted by atomic mass is 9.91. The van der Waals surface area contributed by atoms with Crippen LogP contribution in [-0.4, -0.2) is 46.8 Å². The molecule has 0 amide bonds. The van der Waals surface area contributed by atoms with Crippen LogP contribution in [0.4, 0.5) is 0 Å². The molecule has 190 valence electrons. The van der Waals surface area contributed by atoms with Crippen molar-refractivity contribution in [1.82, 2.24) is 14.9 Å². The Morgan fingerprint density at radius 2 is 1.86 bits per heavy atom. The number of methoxy groups -OCH3 is 1. The van der Waals surface area contributed by atoms with Crippen LogP contribution >= 0.6 is 0 Å². The third-order valence-corrected chi connectivity index (χ3v) is 6.92. The zero-order valence-electron chi connectivity index (χ0n) is 21.4. The van der Waals surface area contributed by atoms with Crippen molar-refractivity contribution in [2.45, 2.75) is 58.4 Å². The molecule has 0 radical (unpaired) electrons. The minimum Gasteiger partial charge on any atom is -0.464 e. The lowest BCUT2D eigenvalue weighted by Crippen LogP contribution is -2.33. The number of piperidine rings is 1. The van der Waals surface area contributed by atoms with Crippen molar-refractivity contribution in [3.63, 3.8) is 0 Å². The number of esters is 1. The molecule has 3 aromatic rings. The smallest absolute Gasteiger partial charge is 0.356 e. The number of ketones is 1. The van der Waals surface area contributed by atoms with Gasteiger partial charge in [0.15, 0.2) is 5.76 Å². The summed E-state index contributed by atoms with van der Waals surface area (Å²) in [6.07, 6.45) is 6.10. The zero-order valence-corrected chi connectivity index (χ0v) is 21.4. The lowest BCUT2D eigenvalue weighted by molar-refractivity contribution is 0.0594. The number of aromatic nitrogens is 2. The second-order valence-electron chi connectivity index (χ2n) is 9.86. The number of nitrogens with zero attached hydrogens (tertiary/aromatic N) is 3. The van der Waals surface area contributed by atoms with Crippen molar-refractivity contribution in [1.29, 1.82) is 0 Å². The van der Waals surface area contributed by atoms with E-state index in [2.05, 4.69) is 53.0 Å². The van der Waals surface area contributed by atoms with E-state index in [4.69, 9.17) is 9.15 Å². The number of pyridine rings is 1. The van der Waals surface area contributed by atoms with E-state index in [0.717, 1.165) is 32.5 Å². The Kier molecular flexibility index (Phi) is 8.65. The second-order valence-corrected chi connectivity index (χ2v) is 9.86. The molecular formula is C29H35N3O4. The summed E-state index contributed by atoms with van der Waals surface area (Å²) in [4.78, 5) is 35.2. The Hall–Kier alpha value is -3.32. The molecule has 0 aliphatic carbocycles. The Bertz CT molecular complexity index is 1160. The Balaban J connectivity index is 1.20. The summed E-state index contributed by atoms with van der Waals surface area (Å²) in [7, 11) is 1.30. The molecular weight excluding hydrogens is 454 g/mol. The summed E-state index contributed by atoms with van der Waals surface area (Å²) >= 11 is 0. The highest BCUT2D eigenvalue weighted by molar-refractivity contribution is 5.92. The monoisotopic (exact) mass is 489 g/mol. The Morgan fingerprint density at radius 1 is 1.11 bits per heavy atom. The van der Waals surface area contributed by atoms with Crippen molar-refractivity contribution in [2.24, 2.45) is 5.92 Å². The molecule has 0 spiro atoms. The minimum absolute atomic E-state index is 0.0913. The molecule has 1 aromatic carbocycles. The topological polar surface area (TPSA) is 85.5 Å². The van der Waals surface area contributed by atoms with Crippen molar-refractivity contribution in [3.8, 4) is 11.5 Å². The molecule has 7 heteroatoms. The van der Waals surface area contributed by atoms with Crippen LogP contribution < -0.4 is 0 Å². The quantitative estimate of drug-likeness (QED) is 0.258. The summed E-state index contributed by atoms with van der Waals surface area (Å²) < 4.78 is 10.4. The summed E-state index contributed by atoms with van der Waals surface area (Å²) in [5, 5.41) is 0. The maximum absolute atomic E-state index is 12.6. The van der Waals surface area contributed by atoms with Gasteiger partial charge in [-0.05, 0) is 73.9 Å². The normalized spacial score (nSPS) is 14.8. The van der Waals surface area contributed by atoms with Crippen LogP contribution in [0.15, 0.2) is 53.1 Å². The van der Waals surface area contributed by atoms with Crippen LogP contribution in [0.25, 0.3) is 11.5 Å². The van der Waals surface area contributed by atoms with Gasteiger partial charge in [-0.3, -0.25) is 9.69 Å². The molecule has 0 saturated carbocycles. The molecule has 3 heterocycles. The fourth-order valence-electron chi connectivity index (χ4n) is 4.67. The number of Topliss-reactive ketones (excluding diaryl/α,β-unsaturated/α-hetero) is 1. The van der Waals surface area contributed by atoms with Gasteiger partial charge in [-0.1, -0.05) is 44.2 Å². The summed E-state index contributed by atoms with van der Waals surface area (Å²) in [6, 6.07) is 14.0. The van der Waals surface area contributed by atoms with Gasteiger partial charge in [0.2, 0.25) is 5.78 Å². The maximum atomic E-state index is 12.6. The van der Waals surface area contributed by atoms with Gasteiger partial charge in [0.1, 0.15) is 11.4 Å². The molecule has 1 aliphatic heterocycles. The van der Waals surface area contributed by atoms with Crippen LogP contribution in [0.2, 0.25) is 0 Å². The first-order valence-electron chi connectivity index (χ1n) is 12.8. The average Bonchev–Trinajstić information content (AvgIpc) is 3.40. The minimum atomic E-state index is -0.529. The van der Waals surface area contributed by atoms with Crippen LogP contribution in [0.5, 0.6) is 0 Å². The van der Waals surface area contributed by atoms with Gasteiger partial charge < -0.3 is 9.15 Å². The first-order chi connectivity index (χ1) is 17.4. The molecule has 1 saturated heterocycles. The molecule has 4 rings (SSSR count). The molecule has 0 N–H and O–H groups in total. The number of likely N-dealkylation sites (tertiary alicyclic amines) is 1. The number of rotatable bonds is 10. The van der Waals surface area contributed by atoms with Crippen LogP contribution in [0, 0.1) is 5.92 Å². The van der Waals surface area contributed by atoms with Crippen LogP contribution in [-0.2, 0) is 11.3 Å². The number of carbonyl (C=O) groups is 2. The van der Waals surface area contributed by atoms with Crippen molar-refractivity contribution >= 4 is 11.8 Å². The van der Waals surface area contributed by atoms with Gasteiger partial charge in [0.05, 0.1) is 13.3 Å². The number of hydrogen-bond acceptors (Lipinski definition) is 7. The number of carbonyl (C=O) groups excluding carboxylic acids is 2. The summed E-state index contributed by atoms with van der Waals surface area (Å²) in [5.74, 6) is 1.03. The van der Waals surface area contributed by atoms with E-state index >= 15 is 0 Å². The van der Waals surface area contributed by atoms with Gasteiger partial charge in [0.25, 0.3) is 5.89 Å². The molecule has 0 unspecified atom stereocenters. The van der Waals surface area contributed by atoms with E-state index in [1.807, 2.05) is 0 Å². The second kappa shape index (κ2) is 12.1. The third kappa shape index (κ3) is 6.66. The van der Waals surface area contributed by atoms with E-state index in [0.29, 0.717) is 29.7 Å². The summed E-state index contributed by atoms with van der Waals surface area (Å²) in [5.41, 5.74) is 3.37. The maximum Gasteiger partial charge on any atom is 0.356 e. The van der Waals surface area contributed by atoms with Gasteiger partial charge >= 0.3 is 5.97 Å². The van der Waals surface area contributed by atoms with Gasteiger partial charge in [-0.25, -0.2) is 14.8 Å². The lowest BCUT2D eigenvalue weighted by Gasteiger charge is -2.32. The van der Waals surface area contributed by atoms with Gasteiger partial charge in [-0.2, -0.15) is 0 Å². The first-order valence-corrected chi connectivity index (χ1v) is 12.8. The highest BCUT2D eigenvalue weighted by Gasteiger charge is 2.21. The van der Waals surface area contributed by atoms with Gasteiger partial charge in [-0.15, -0.1) is 0 Å². The fourth-order valence-corrected chi connectivity index (χ4v) is 4.67. The average molecular weight is 490 g/mol. The van der Waals surface area contributed by atoms with Gasteiger partial charge in [0, 0.05) is 13.0 Å². The molecule has 1 aliphatic rings. The Labute approximate surface area is 212 Å². The van der Waals surface area contributed by atoms with Crippen LogP contribution in [0.3, 0.4) is 0 Å². The Morgan fingerprint density at radius 3 is 2.56 bits per heavy atom. The molecule has 7 nitrogen and oxygen atoms in total. The highest BCUT2D eigenvalue weighted by atomic mass is 16.5.